The molecule has 19 heavy (non-hydrogen) atoms. The van der Waals surface area contributed by atoms with Gasteiger partial charge < -0.3 is 15.5 Å². The number of anilines is 1. The number of benzene rings is 2. The van der Waals surface area contributed by atoms with Crippen LogP contribution in [-0.4, -0.2) is 22.7 Å². The molecule has 0 spiro atoms. The van der Waals surface area contributed by atoms with Gasteiger partial charge in [0.15, 0.2) is 5.75 Å². The quantitative estimate of drug-likeness (QED) is 0.720. The van der Waals surface area contributed by atoms with Crippen molar-refractivity contribution in [2.24, 2.45) is 0 Å². The van der Waals surface area contributed by atoms with Gasteiger partial charge in [-0.25, -0.2) is 4.79 Å². The molecule has 0 atom stereocenters. The van der Waals surface area contributed by atoms with Gasteiger partial charge in [-0.1, -0.05) is 36.4 Å². The molecule has 2 aromatic rings. The van der Waals surface area contributed by atoms with E-state index in [1.54, 1.807) is 12.1 Å². The number of hydrogen-bond donors (Lipinski definition) is 3. The van der Waals surface area contributed by atoms with Gasteiger partial charge in [0.25, 0.3) is 0 Å². The van der Waals surface area contributed by atoms with Crippen molar-refractivity contribution in [3.63, 3.8) is 0 Å². The molecular formula is C15H15NO3. The Morgan fingerprint density at radius 1 is 1.05 bits per heavy atom. The maximum atomic E-state index is 10.9. The lowest BCUT2D eigenvalue weighted by molar-refractivity contribution is 0.0694. The predicted octanol–water partition coefficient (Wildman–Crippen LogP) is 2.75. The number of carbonyl (C=O) groups is 1. The molecule has 0 aliphatic carbocycles. The van der Waals surface area contributed by atoms with E-state index in [-0.39, 0.29) is 11.3 Å². The average molecular weight is 257 g/mol. The van der Waals surface area contributed by atoms with Crippen LogP contribution < -0.4 is 5.32 Å². The van der Waals surface area contributed by atoms with E-state index in [2.05, 4.69) is 5.32 Å². The van der Waals surface area contributed by atoms with E-state index >= 15 is 0 Å². The summed E-state index contributed by atoms with van der Waals surface area (Å²) in [6, 6.07) is 14.6. The molecule has 0 saturated heterocycles. The summed E-state index contributed by atoms with van der Waals surface area (Å²) in [7, 11) is 0. The number of para-hydroxylation sites is 1. The van der Waals surface area contributed by atoms with Gasteiger partial charge in [0.05, 0.1) is 5.69 Å². The third-order valence-electron chi connectivity index (χ3n) is 2.84. The number of carboxylic acids is 1. The van der Waals surface area contributed by atoms with Gasteiger partial charge in [0, 0.05) is 6.54 Å². The van der Waals surface area contributed by atoms with Crippen LogP contribution in [0.3, 0.4) is 0 Å². The Hall–Kier alpha value is -2.49. The molecule has 0 radical (unpaired) electrons. The lowest BCUT2D eigenvalue weighted by Crippen LogP contribution is -2.06. The average Bonchev–Trinajstić information content (AvgIpc) is 2.41. The van der Waals surface area contributed by atoms with Crippen LogP contribution in [0.2, 0.25) is 0 Å². The van der Waals surface area contributed by atoms with E-state index < -0.39 is 5.97 Å². The molecule has 2 rings (SSSR count). The summed E-state index contributed by atoms with van der Waals surface area (Å²) in [6.07, 6.45) is 0.803. The number of carboxylic acid groups (broad SMARTS) is 1. The molecular weight excluding hydrogens is 242 g/mol. The normalized spacial score (nSPS) is 10.1. The van der Waals surface area contributed by atoms with Crippen LogP contribution in [0.4, 0.5) is 5.69 Å². The van der Waals surface area contributed by atoms with Gasteiger partial charge in [-0.15, -0.1) is 0 Å². The van der Waals surface area contributed by atoms with Gasteiger partial charge in [0.1, 0.15) is 5.56 Å². The SMILES string of the molecule is O=C(O)c1cccc(NCCc2ccccc2)c1O. The molecule has 0 fully saturated rings. The number of aromatic hydroxyl groups is 1. The number of hydrogen-bond acceptors (Lipinski definition) is 3. The van der Waals surface area contributed by atoms with Gasteiger partial charge in [-0.3, -0.25) is 0 Å². The van der Waals surface area contributed by atoms with Crippen molar-refractivity contribution in [3.8, 4) is 5.75 Å². The van der Waals surface area contributed by atoms with E-state index in [1.165, 1.54) is 11.6 Å². The van der Waals surface area contributed by atoms with Gasteiger partial charge >= 0.3 is 5.97 Å². The fourth-order valence-electron chi connectivity index (χ4n) is 1.84. The van der Waals surface area contributed by atoms with Crippen LogP contribution >= 0.6 is 0 Å². The summed E-state index contributed by atoms with van der Waals surface area (Å²) >= 11 is 0. The van der Waals surface area contributed by atoms with Crippen molar-refractivity contribution in [2.45, 2.75) is 6.42 Å². The molecule has 0 heterocycles. The standard InChI is InChI=1S/C15H15NO3/c17-14-12(15(18)19)7-4-8-13(14)16-10-9-11-5-2-1-3-6-11/h1-8,16-17H,9-10H2,(H,18,19). The van der Waals surface area contributed by atoms with Crippen molar-refractivity contribution in [2.75, 3.05) is 11.9 Å². The summed E-state index contributed by atoms with van der Waals surface area (Å²) < 4.78 is 0. The molecule has 0 amide bonds. The van der Waals surface area contributed by atoms with Crippen LogP contribution in [0.1, 0.15) is 15.9 Å². The molecule has 0 bridgehead atoms. The first kappa shape index (κ1) is 13.0. The Balaban J connectivity index is 2.00. The first-order valence-electron chi connectivity index (χ1n) is 6.01. The molecule has 0 aliphatic rings. The van der Waals surface area contributed by atoms with E-state index in [0.29, 0.717) is 12.2 Å². The molecule has 0 saturated carbocycles. The van der Waals surface area contributed by atoms with Crippen LogP contribution in [0, 0.1) is 0 Å². The highest BCUT2D eigenvalue weighted by molar-refractivity contribution is 5.93. The summed E-state index contributed by atoms with van der Waals surface area (Å²) in [4.78, 5) is 10.9. The minimum atomic E-state index is -1.13. The van der Waals surface area contributed by atoms with E-state index in [4.69, 9.17) is 5.11 Å². The maximum absolute atomic E-state index is 10.9. The monoisotopic (exact) mass is 257 g/mol. The van der Waals surface area contributed by atoms with E-state index in [1.807, 2.05) is 30.3 Å². The molecule has 0 aromatic heterocycles. The zero-order valence-electron chi connectivity index (χ0n) is 10.3. The number of nitrogens with one attached hydrogen (secondary N) is 1. The Bertz CT molecular complexity index is 567. The summed E-state index contributed by atoms with van der Waals surface area (Å²) in [5.41, 5.74) is 1.53. The molecule has 4 heteroatoms. The topological polar surface area (TPSA) is 69.6 Å². The van der Waals surface area contributed by atoms with Crippen molar-refractivity contribution in [1.82, 2.24) is 0 Å². The first-order chi connectivity index (χ1) is 9.18. The Kier molecular flexibility index (Phi) is 4.03. The number of phenols is 1. The van der Waals surface area contributed by atoms with Crippen molar-refractivity contribution < 1.29 is 15.0 Å². The van der Waals surface area contributed by atoms with E-state index in [9.17, 15) is 9.90 Å². The van der Waals surface area contributed by atoms with Crippen LogP contribution in [0.25, 0.3) is 0 Å². The molecule has 0 aliphatic heterocycles. The lowest BCUT2D eigenvalue weighted by atomic mass is 10.1. The molecule has 3 N–H and O–H groups in total. The van der Waals surface area contributed by atoms with Crippen molar-refractivity contribution in [3.05, 3.63) is 59.7 Å². The van der Waals surface area contributed by atoms with Crippen LogP contribution in [0.15, 0.2) is 48.5 Å². The number of rotatable bonds is 5. The van der Waals surface area contributed by atoms with Crippen LogP contribution in [-0.2, 0) is 6.42 Å². The van der Waals surface area contributed by atoms with Gasteiger partial charge in [-0.05, 0) is 24.1 Å². The number of aromatic carboxylic acids is 1. The fraction of sp³-hybridized carbons (Fsp3) is 0.133. The summed E-state index contributed by atoms with van der Waals surface area (Å²) in [5.74, 6) is -1.35. The smallest absolute Gasteiger partial charge is 0.339 e. The Labute approximate surface area is 111 Å². The summed E-state index contributed by atoms with van der Waals surface area (Å²) in [5, 5.41) is 21.8. The van der Waals surface area contributed by atoms with E-state index in [0.717, 1.165) is 6.42 Å². The largest absolute Gasteiger partial charge is 0.505 e. The zero-order valence-corrected chi connectivity index (χ0v) is 10.3. The van der Waals surface area contributed by atoms with Crippen molar-refractivity contribution >= 4 is 11.7 Å². The fourth-order valence-corrected chi connectivity index (χ4v) is 1.84. The van der Waals surface area contributed by atoms with Crippen molar-refractivity contribution in [1.29, 1.82) is 0 Å². The third-order valence-corrected chi connectivity index (χ3v) is 2.84. The predicted molar refractivity (Wildman–Crippen MR) is 73.7 cm³/mol. The second-order valence-corrected chi connectivity index (χ2v) is 4.17. The Morgan fingerprint density at radius 3 is 2.47 bits per heavy atom. The zero-order chi connectivity index (χ0) is 13.7. The third kappa shape index (κ3) is 3.25. The van der Waals surface area contributed by atoms with Gasteiger partial charge in [0.2, 0.25) is 0 Å². The molecule has 98 valence electrons. The second-order valence-electron chi connectivity index (χ2n) is 4.17. The highest BCUT2D eigenvalue weighted by Gasteiger charge is 2.12. The maximum Gasteiger partial charge on any atom is 0.339 e. The van der Waals surface area contributed by atoms with Gasteiger partial charge in [-0.2, -0.15) is 0 Å². The minimum absolute atomic E-state index is 0.0929. The summed E-state index contributed by atoms with van der Waals surface area (Å²) in [6.45, 7) is 0.626. The Morgan fingerprint density at radius 2 is 1.79 bits per heavy atom. The molecule has 4 nitrogen and oxygen atoms in total. The highest BCUT2D eigenvalue weighted by Crippen LogP contribution is 2.27. The van der Waals surface area contributed by atoms with Crippen LogP contribution in [0.5, 0.6) is 5.75 Å². The highest BCUT2D eigenvalue weighted by atomic mass is 16.4. The molecule has 2 aromatic carbocycles. The molecule has 0 unspecified atom stereocenters. The first-order valence-corrected chi connectivity index (χ1v) is 6.01. The lowest BCUT2D eigenvalue weighted by Gasteiger charge is -2.10. The second kappa shape index (κ2) is 5.91. The minimum Gasteiger partial charge on any atom is -0.505 e.